The zero-order chi connectivity index (χ0) is 21.3. The van der Waals surface area contributed by atoms with Crippen LogP contribution in [0.15, 0.2) is 42.5 Å². The number of aromatic nitrogens is 2. The normalized spacial score (nSPS) is 11.0. The maximum atomic E-state index is 12.7. The van der Waals surface area contributed by atoms with E-state index in [1.807, 2.05) is 48.7 Å². The molecule has 154 valence electrons. The Bertz CT molecular complexity index is 1240. The summed E-state index contributed by atoms with van der Waals surface area (Å²) in [6, 6.07) is 14.1. The molecule has 3 aromatic heterocycles. The van der Waals surface area contributed by atoms with Gasteiger partial charge in [-0.1, -0.05) is 18.2 Å². The standard InChI is InChI=1S/C22H22N4O2S2/c1-13-10-16-6-4-5-7-18(16)26(13)12-20(28)24-22-25-21(14(2)29-22)19-9-8-17(30-19)11-23-15(3)27/h4-10H,11-12H2,1-3H3,(H,23,27)(H,24,25,28). The summed E-state index contributed by atoms with van der Waals surface area (Å²) in [5.41, 5.74) is 2.97. The number of aryl methyl sites for hydroxylation is 2. The molecule has 0 aliphatic rings. The summed E-state index contributed by atoms with van der Waals surface area (Å²) in [6.45, 7) is 6.27. The molecule has 0 spiro atoms. The molecule has 2 amide bonds. The maximum Gasteiger partial charge on any atom is 0.246 e. The van der Waals surface area contributed by atoms with Gasteiger partial charge in [0.15, 0.2) is 5.13 Å². The van der Waals surface area contributed by atoms with Crippen LogP contribution in [0.1, 0.15) is 22.4 Å². The first-order valence-corrected chi connectivity index (χ1v) is 11.2. The monoisotopic (exact) mass is 438 g/mol. The van der Waals surface area contributed by atoms with Crippen molar-refractivity contribution in [2.24, 2.45) is 0 Å². The van der Waals surface area contributed by atoms with Gasteiger partial charge in [0.05, 0.1) is 17.1 Å². The van der Waals surface area contributed by atoms with Gasteiger partial charge in [-0.3, -0.25) is 9.59 Å². The SMILES string of the molecule is CC(=O)NCc1ccc(-c2nc(NC(=O)Cn3c(C)cc4ccccc43)sc2C)s1. The van der Waals surface area contributed by atoms with E-state index >= 15 is 0 Å². The highest BCUT2D eigenvalue weighted by atomic mass is 32.1. The van der Waals surface area contributed by atoms with Gasteiger partial charge in [0.2, 0.25) is 11.8 Å². The number of rotatable bonds is 6. The van der Waals surface area contributed by atoms with Crippen LogP contribution in [0.4, 0.5) is 5.13 Å². The third-order valence-corrected chi connectivity index (χ3v) is 6.75. The van der Waals surface area contributed by atoms with Gasteiger partial charge in [0.25, 0.3) is 0 Å². The Morgan fingerprint density at radius 1 is 1.10 bits per heavy atom. The Balaban J connectivity index is 1.47. The highest BCUT2D eigenvalue weighted by Crippen LogP contribution is 2.34. The van der Waals surface area contributed by atoms with Crippen molar-refractivity contribution in [3.05, 3.63) is 57.9 Å². The second-order valence-corrected chi connectivity index (χ2v) is 9.45. The third kappa shape index (κ3) is 4.29. The lowest BCUT2D eigenvalue weighted by Gasteiger charge is -2.07. The predicted molar refractivity (Wildman–Crippen MR) is 123 cm³/mol. The molecular formula is C22H22N4O2S2. The number of carbonyl (C=O) groups excluding carboxylic acids is 2. The molecule has 2 N–H and O–H groups in total. The number of hydrogen-bond donors (Lipinski definition) is 2. The van der Waals surface area contributed by atoms with Crippen LogP contribution in [0.25, 0.3) is 21.5 Å². The summed E-state index contributed by atoms with van der Waals surface area (Å²) >= 11 is 3.06. The smallest absolute Gasteiger partial charge is 0.246 e. The van der Waals surface area contributed by atoms with E-state index in [2.05, 4.69) is 27.8 Å². The van der Waals surface area contributed by atoms with Crippen LogP contribution in [0.5, 0.6) is 0 Å². The van der Waals surface area contributed by atoms with Crippen LogP contribution < -0.4 is 10.6 Å². The minimum atomic E-state index is -0.0997. The van der Waals surface area contributed by atoms with Crippen molar-refractivity contribution in [1.82, 2.24) is 14.9 Å². The number of thiophene rings is 1. The number of nitrogens with zero attached hydrogens (tertiary/aromatic N) is 2. The molecule has 0 atom stereocenters. The van der Waals surface area contributed by atoms with Gasteiger partial charge in [-0.15, -0.1) is 22.7 Å². The summed E-state index contributed by atoms with van der Waals surface area (Å²) < 4.78 is 2.01. The Morgan fingerprint density at radius 3 is 2.70 bits per heavy atom. The van der Waals surface area contributed by atoms with E-state index in [-0.39, 0.29) is 18.4 Å². The zero-order valence-electron chi connectivity index (χ0n) is 17.0. The lowest BCUT2D eigenvalue weighted by molar-refractivity contribution is -0.119. The topological polar surface area (TPSA) is 76.0 Å². The Morgan fingerprint density at radius 2 is 1.90 bits per heavy atom. The van der Waals surface area contributed by atoms with E-state index in [4.69, 9.17) is 0 Å². The number of fused-ring (bicyclic) bond motifs is 1. The Hall–Kier alpha value is -2.97. The molecule has 3 heterocycles. The predicted octanol–water partition coefficient (Wildman–Crippen LogP) is 4.72. The summed E-state index contributed by atoms with van der Waals surface area (Å²) in [5.74, 6) is -0.150. The molecule has 4 rings (SSSR count). The highest BCUT2D eigenvalue weighted by molar-refractivity contribution is 7.18. The molecule has 30 heavy (non-hydrogen) atoms. The number of anilines is 1. The molecule has 8 heteroatoms. The first-order valence-electron chi connectivity index (χ1n) is 9.56. The first kappa shape index (κ1) is 20.3. The van der Waals surface area contributed by atoms with Crippen molar-refractivity contribution < 1.29 is 9.59 Å². The lowest BCUT2D eigenvalue weighted by Crippen LogP contribution is -2.19. The molecule has 0 bridgehead atoms. The number of benzene rings is 1. The fourth-order valence-corrected chi connectivity index (χ4v) is 5.25. The second-order valence-electron chi connectivity index (χ2n) is 7.08. The molecule has 0 aliphatic carbocycles. The molecule has 0 radical (unpaired) electrons. The summed E-state index contributed by atoms with van der Waals surface area (Å²) in [4.78, 5) is 31.6. The van der Waals surface area contributed by atoms with Gasteiger partial charge in [-0.05, 0) is 43.5 Å². The van der Waals surface area contributed by atoms with Crippen molar-refractivity contribution in [2.75, 3.05) is 5.32 Å². The molecule has 0 fully saturated rings. The summed E-state index contributed by atoms with van der Waals surface area (Å²) in [6.07, 6.45) is 0. The van der Waals surface area contributed by atoms with Crippen molar-refractivity contribution in [3.8, 4) is 10.6 Å². The number of carbonyl (C=O) groups is 2. The second kappa shape index (κ2) is 8.41. The van der Waals surface area contributed by atoms with Gasteiger partial charge < -0.3 is 15.2 Å². The molecule has 1 aromatic carbocycles. The number of para-hydroxylation sites is 1. The quantitative estimate of drug-likeness (QED) is 0.457. The van der Waals surface area contributed by atoms with Crippen LogP contribution in [-0.2, 0) is 22.7 Å². The van der Waals surface area contributed by atoms with E-state index in [1.165, 1.54) is 18.3 Å². The largest absolute Gasteiger partial charge is 0.351 e. The molecule has 0 saturated heterocycles. The highest BCUT2D eigenvalue weighted by Gasteiger charge is 2.15. The molecule has 6 nitrogen and oxygen atoms in total. The van der Waals surface area contributed by atoms with Gasteiger partial charge in [-0.25, -0.2) is 4.98 Å². The van der Waals surface area contributed by atoms with Gasteiger partial charge in [-0.2, -0.15) is 0 Å². The third-order valence-electron chi connectivity index (χ3n) is 4.77. The van der Waals surface area contributed by atoms with E-state index in [1.54, 1.807) is 11.3 Å². The van der Waals surface area contributed by atoms with Crippen LogP contribution in [0, 0.1) is 13.8 Å². The van der Waals surface area contributed by atoms with Crippen LogP contribution >= 0.6 is 22.7 Å². The van der Waals surface area contributed by atoms with Crippen molar-refractivity contribution in [1.29, 1.82) is 0 Å². The number of amides is 2. The lowest BCUT2D eigenvalue weighted by atomic mass is 10.2. The van der Waals surface area contributed by atoms with Crippen molar-refractivity contribution >= 4 is 50.5 Å². The number of thiazole rings is 1. The zero-order valence-corrected chi connectivity index (χ0v) is 18.6. The maximum absolute atomic E-state index is 12.7. The minimum absolute atomic E-state index is 0.0505. The van der Waals surface area contributed by atoms with Crippen molar-refractivity contribution in [2.45, 2.75) is 33.9 Å². The Kier molecular flexibility index (Phi) is 5.69. The fourth-order valence-electron chi connectivity index (χ4n) is 3.35. The van der Waals surface area contributed by atoms with E-state index in [9.17, 15) is 9.59 Å². The summed E-state index contributed by atoms with van der Waals surface area (Å²) in [7, 11) is 0. The number of hydrogen-bond acceptors (Lipinski definition) is 5. The average molecular weight is 439 g/mol. The molecule has 4 aromatic rings. The summed E-state index contributed by atoms with van der Waals surface area (Å²) in [5, 5.41) is 7.47. The van der Waals surface area contributed by atoms with Gasteiger partial charge >= 0.3 is 0 Å². The van der Waals surface area contributed by atoms with Crippen LogP contribution in [0.2, 0.25) is 0 Å². The van der Waals surface area contributed by atoms with Crippen molar-refractivity contribution in [3.63, 3.8) is 0 Å². The van der Waals surface area contributed by atoms with Gasteiger partial charge in [0, 0.05) is 27.9 Å². The molecule has 0 unspecified atom stereocenters. The van der Waals surface area contributed by atoms with Crippen LogP contribution in [0.3, 0.4) is 0 Å². The Labute approximate surface area is 182 Å². The molecule has 0 aliphatic heterocycles. The minimum Gasteiger partial charge on any atom is -0.351 e. The van der Waals surface area contributed by atoms with E-state index < -0.39 is 0 Å². The van der Waals surface area contributed by atoms with Gasteiger partial charge in [0.1, 0.15) is 6.54 Å². The average Bonchev–Trinajstić information content (AvgIpc) is 3.38. The van der Waals surface area contributed by atoms with Crippen LogP contribution in [-0.4, -0.2) is 21.4 Å². The fraction of sp³-hybridized carbons (Fsp3) is 0.227. The van der Waals surface area contributed by atoms with E-state index in [0.29, 0.717) is 11.7 Å². The number of nitrogens with one attached hydrogen (secondary N) is 2. The first-order chi connectivity index (χ1) is 14.4. The molecular weight excluding hydrogens is 416 g/mol. The van der Waals surface area contributed by atoms with E-state index in [0.717, 1.165) is 36.9 Å². The molecule has 0 saturated carbocycles.